The fraction of sp³-hybridized carbons (Fsp3) is 0.688. The molecule has 128 valence electrons. The lowest BCUT2D eigenvalue weighted by atomic mass is 9.96. The third-order valence-electron chi connectivity index (χ3n) is 3.92. The number of piperidine rings is 1. The Morgan fingerprint density at radius 1 is 1.48 bits per heavy atom. The average molecular weight is 338 g/mol. The van der Waals surface area contributed by atoms with Crippen molar-refractivity contribution in [3.05, 3.63) is 11.1 Å². The lowest BCUT2D eigenvalue weighted by Crippen LogP contribution is -2.33. The molecular weight excluding hydrogens is 312 g/mol. The van der Waals surface area contributed by atoms with E-state index in [1.165, 1.54) is 24.2 Å². The zero-order valence-corrected chi connectivity index (χ0v) is 14.7. The highest BCUT2D eigenvalue weighted by Crippen LogP contribution is 2.17. The summed E-state index contributed by atoms with van der Waals surface area (Å²) in [5, 5.41) is 11.5. The fourth-order valence-electron chi connectivity index (χ4n) is 2.51. The fourth-order valence-corrected chi connectivity index (χ4v) is 3.22. The van der Waals surface area contributed by atoms with Gasteiger partial charge in [0.2, 0.25) is 11.8 Å². The van der Waals surface area contributed by atoms with Crippen LogP contribution in [0.3, 0.4) is 0 Å². The summed E-state index contributed by atoms with van der Waals surface area (Å²) >= 11 is 1.35. The minimum Gasteiger partial charge on any atom is -0.356 e. The van der Waals surface area contributed by atoms with E-state index in [4.69, 9.17) is 0 Å². The molecule has 0 aromatic carbocycles. The minimum atomic E-state index is -0.0834. The monoisotopic (exact) mass is 338 g/mol. The second kappa shape index (κ2) is 8.98. The van der Waals surface area contributed by atoms with Crippen LogP contribution in [0.25, 0.3) is 0 Å². The number of nitrogens with one attached hydrogen (secondary N) is 3. The molecule has 0 saturated carbocycles. The molecule has 6 nitrogen and oxygen atoms in total. The van der Waals surface area contributed by atoms with E-state index in [0.717, 1.165) is 19.5 Å². The van der Waals surface area contributed by atoms with Gasteiger partial charge in [-0.15, -0.1) is 11.3 Å². The van der Waals surface area contributed by atoms with Crippen LogP contribution in [0.1, 0.15) is 38.8 Å². The molecule has 1 atom stereocenters. The van der Waals surface area contributed by atoms with Crippen LogP contribution >= 0.6 is 11.3 Å². The SMILES string of the molecule is CC(C)C(=O)Nc1nc(CC(=O)NCCC2CCCNC2)cs1. The summed E-state index contributed by atoms with van der Waals surface area (Å²) in [6.07, 6.45) is 3.75. The molecule has 0 spiro atoms. The number of aromatic nitrogens is 1. The molecule has 1 unspecified atom stereocenters. The number of carbonyl (C=O) groups excluding carboxylic acids is 2. The van der Waals surface area contributed by atoms with Crippen molar-refractivity contribution in [2.24, 2.45) is 11.8 Å². The standard InChI is InChI=1S/C16H26N4O2S/c1-11(2)15(22)20-16-19-13(10-23-16)8-14(21)18-7-5-12-4-3-6-17-9-12/h10-12,17H,3-9H2,1-2H3,(H,18,21)(H,19,20,22). The molecule has 7 heteroatoms. The molecule has 3 N–H and O–H groups in total. The van der Waals surface area contributed by atoms with Crippen molar-refractivity contribution >= 4 is 28.3 Å². The number of amides is 2. The van der Waals surface area contributed by atoms with E-state index >= 15 is 0 Å². The Kier molecular flexibility index (Phi) is 6.98. The maximum atomic E-state index is 11.9. The molecule has 2 heterocycles. The van der Waals surface area contributed by atoms with Gasteiger partial charge in [-0.05, 0) is 38.3 Å². The second-order valence-electron chi connectivity index (χ2n) is 6.32. The van der Waals surface area contributed by atoms with Gasteiger partial charge in [0.25, 0.3) is 0 Å². The van der Waals surface area contributed by atoms with Crippen molar-refractivity contribution < 1.29 is 9.59 Å². The predicted octanol–water partition coefficient (Wildman–Crippen LogP) is 1.79. The normalized spacial score (nSPS) is 18.0. The van der Waals surface area contributed by atoms with E-state index in [-0.39, 0.29) is 24.2 Å². The highest BCUT2D eigenvalue weighted by Gasteiger charge is 2.14. The van der Waals surface area contributed by atoms with Crippen LogP contribution < -0.4 is 16.0 Å². The first-order valence-electron chi connectivity index (χ1n) is 8.27. The Morgan fingerprint density at radius 3 is 3.00 bits per heavy atom. The van der Waals surface area contributed by atoms with E-state index in [2.05, 4.69) is 20.9 Å². The number of hydrogen-bond donors (Lipinski definition) is 3. The molecular formula is C16H26N4O2S. The van der Waals surface area contributed by atoms with Gasteiger partial charge in [0.05, 0.1) is 12.1 Å². The van der Waals surface area contributed by atoms with Gasteiger partial charge in [-0.2, -0.15) is 0 Å². The van der Waals surface area contributed by atoms with Crippen molar-refractivity contribution in [2.45, 2.75) is 39.5 Å². The highest BCUT2D eigenvalue weighted by molar-refractivity contribution is 7.13. The molecule has 1 aliphatic heterocycles. The Morgan fingerprint density at radius 2 is 2.30 bits per heavy atom. The molecule has 1 aromatic heterocycles. The Labute approximate surface area is 141 Å². The van der Waals surface area contributed by atoms with Gasteiger partial charge >= 0.3 is 0 Å². The topological polar surface area (TPSA) is 83.1 Å². The van der Waals surface area contributed by atoms with E-state index in [1.807, 2.05) is 19.2 Å². The summed E-state index contributed by atoms with van der Waals surface area (Å²) in [4.78, 5) is 27.8. The maximum absolute atomic E-state index is 11.9. The Hall–Kier alpha value is -1.47. The first-order valence-corrected chi connectivity index (χ1v) is 9.15. The van der Waals surface area contributed by atoms with Crippen LogP contribution in [0.5, 0.6) is 0 Å². The van der Waals surface area contributed by atoms with Gasteiger partial charge < -0.3 is 16.0 Å². The molecule has 0 aliphatic carbocycles. The molecule has 1 saturated heterocycles. The predicted molar refractivity (Wildman–Crippen MR) is 92.5 cm³/mol. The Balaban J connectivity index is 1.68. The second-order valence-corrected chi connectivity index (χ2v) is 7.17. The smallest absolute Gasteiger partial charge is 0.228 e. The summed E-state index contributed by atoms with van der Waals surface area (Å²) in [5.41, 5.74) is 0.700. The number of nitrogens with zero attached hydrogens (tertiary/aromatic N) is 1. The van der Waals surface area contributed by atoms with Crippen molar-refractivity contribution in [3.8, 4) is 0 Å². The summed E-state index contributed by atoms with van der Waals surface area (Å²) in [6, 6.07) is 0. The van der Waals surface area contributed by atoms with Crippen LogP contribution in [-0.2, 0) is 16.0 Å². The first-order chi connectivity index (χ1) is 11.0. The summed E-state index contributed by atoms with van der Waals surface area (Å²) in [5.74, 6) is 0.512. The van der Waals surface area contributed by atoms with Crippen LogP contribution in [-0.4, -0.2) is 36.4 Å². The number of thiazole rings is 1. The number of rotatable bonds is 7. The van der Waals surface area contributed by atoms with E-state index in [9.17, 15) is 9.59 Å². The average Bonchev–Trinajstić information content (AvgIpc) is 2.95. The Bertz CT molecular complexity index is 524. The van der Waals surface area contributed by atoms with Gasteiger partial charge in [0.1, 0.15) is 0 Å². The molecule has 1 aliphatic rings. The van der Waals surface area contributed by atoms with E-state index in [0.29, 0.717) is 23.3 Å². The van der Waals surface area contributed by atoms with Crippen molar-refractivity contribution in [1.82, 2.24) is 15.6 Å². The lowest BCUT2D eigenvalue weighted by molar-refractivity contribution is -0.120. The van der Waals surface area contributed by atoms with Gasteiger partial charge in [-0.3, -0.25) is 9.59 Å². The van der Waals surface area contributed by atoms with Crippen molar-refractivity contribution in [3.63, 3.8) is 0 Å². The highest BCUT2D eigenvalue weighted by atomic mass is 32.1. The van der Waals surface area contributed by atoms with Crippen LogP contribution in [0.15, 0.2) is 5.38 Å². The minimum absolute atomic E-state index is 0.0131. The van der Waals surface area contributed by atoms with Crippen LogP contribution in [0, 0.1) is 11.8 Å². The summed E-state index contributed by atoms with van der Waals surface area (Å²) in [7, 11) is 0. The lowest BCUT2D eigenvalue weighted by Gasteiger charge is -2.22. The molecule has 1 aromatic rings. The van der Waals surface area contributed by atoms with Crippen LogP contribution in [0.2, 0.25) is 0 Å². The van der Waals surface area contributed by atoms with Crippen molar-refractivity contribution in [2.75, 3.05) is 25.0 Å². The quantitative estimate of drug-likeness (QED) is 0.708. The van der Waals surface area contributed by atoms with E-state index < -0.39 is 0 Å². The molecule has 23 heavy (non-hydrogen) atoms. The molecule has 0 bridgehead atoms. The maximum Gasteiger partial charge on any atom is 0.228 e. The van der Waals surface area contributed by atoms with Crippen LogP contribution in [0.4, 0.5) is 5.13 Å². The third kappa shape index (κ3) is 6.27. The number of anilines is 1. The summed E-state index contributed by atoms with van der Waals surface area (Å²) in [6.45, 7) is 6.55. The summed E-state index contributed by atoms with van der Waals surface area (Å²) < 4.78 is 0. The van der Waals surface area contributed by atoms with E-state index in [1.54, 1.807) is 0 Å². The molecule has 1 fully saturated rings. The van der Waals surface area contributed by atoms with Gasteiger partial charge in [0.15, 0.2) is 5.13 Å². The van der Waals surface area contributed by atoms with Gasteiger partial charge in [-0.25, -0.2) is 4.98 Å². The van der Waals surface area contributed by atoms with Crippen molar-refractivity contribution in [1.29, 1.82) is 0 Å². The zero-order chi connectivity index (χ0) is 16.7. The van der Waals surface area contributed by atoms with Gasteiger partial charge in [0, 0.05) is 17.8 Å². The molecule has 2 amide bonds. The molecule has 0 radical (unpaired) electrons. The number of hydrogen-bond acceptors (Lipinski definition) is 5. The zero-order valence-electron chi connectivity index (χ0n) is 13.9. The first kappa shape index (κ1) is 17.9. The largest absolute Gasteiger partial charge is 0.356 e. The molecule has 2 rings (SSSR count). The van der Waals surface area contributed by atoms with Gasteiger partial charge in [-0.1, -0.05) is 13.8 Å². The third-order valence-corrected chi connectivity index (χ3v) is 4.73. The number of carbonyl (C=O) groups is 2.